The number of hydrogen-bond acceptors (Lipinski definition) is 6. The molecule has 144 valence electrons. The molecule has 0 saturated carbocycles. The topological polar surface area (TPSA) is 73.8 Å². The number of amides is 1. The molecule has 0 aliphatic carbocycles. The van der Waals surface area contributed by atoms with Crippen molar-refractivity contribution in [3.05, 3.63) is 42.1 Å². The largest absolute Gasteiger partial charge is 0.490 e. The fraction of sp³-hybridized carbons (Fsp3) is 0.450. The SMILES string of the molecule is CCOc1ccc(C(=O)N2CCC(Oc3cccnn3)CC2)cc1OCC. The third-order valence-electron chi connectivity index (χ3n) is 4.35. The van der Waals surface area contributed by atoms with Crippen molar-refractivity contribution in [1.82, 2.24) is 15.1 Å². The first-order valence-electron chi connectivity index (χ1n) is 9.34. The number of carbonyl (C=O) groups is 1. The zero-order chi connectivity index (χ0) is 19.1. The third-order valence-corrected chi connectivity index (χ3v) is 4.35. The van der Waals surface area contributed by atoms with Crippen molar-refractivity contribution in [2.24, 2.45) is 0 Å². The van der Waals surface area contributed by atoms with Gasteiger partial charge in [0.25, 0.3) is 5.91 Å². The van der Waals surface area contributed by atoms with Crippen LogP contribution in [-0.4, -0.2) is 53.4 Å². The molecule has 0 radical (unpaired) electrons. The maximum Gasteiger partial charge on any atom is 0.253 e. The van der Waals surface area contributed by atoms with Crippen LogP contribution >= 0.6 is 0 Å². The Hall–Kier alpha value is -2.83. The summed E-state index contributed by atoms with van der Waals surface area (Å²) in [5.41, 5.74) is 0.607. The second kappa shape index (κ2) is 9.21. The van der Waals surface area contributed by atoms with Crippen LogP contribution in [-0.2, 0) is 0 Å². The van der Waals surface area contributed by atoms with Gasteiger partial charge in [-0.2, -0.15) is 5.10 Å². The molecule has 0 atom stereocenters. The van der Waals surface area contributed by atoms with Gasteiger partial charge < -0.3 is 19.1 Å². The van der Waals surface area contributed by atoms with Gasteiger partial charge >= 0.3 is 0 Å². The molecule has 0 bridgehead atoms. The molecule has 7 heteroatoms. The molecule has 7 nitrogen and oxygen atoms in total. The number of carbonyl (C=O) groups excluding carboxylic acids is 1. The monoisotopic (exact) mass is 371 g/mol. The van der Waals surface area contributed by atoms with Gasteiger partial charge in [0, 0.05) is 43.8 Å². The Labute approximate surface area is 159 Å². The highest BCUT2D eigenvalue weighted by molar-refractivity contribution is 5.95. The number of nitrogens with zero attached hydrogens (tertiary/aromatic N) is 3. The van der Waals surface area contributed by atoms with Gasteiger partial charge in [-0.15, -0.1) is 5.10 Å². The smallest absolute Gasteiger partial charge is 0.253 e. The molecule has 1 aliphatic rings. The highest BCUT2D eigenvalue weighted by atomic mass is 16.5. The van der Waals surface area contributed by atoms with Crippen molar-refractivity contribution in [1.29, 1.82) is 0 Å². The van der Waals surface area contributed by atoms with Crippen molar-refractivity contribution < 1.29 is 19.0 Å². The fourth-order valence-corrected chi connectivity index (χ4v) is 3.06. The Kier molecular flexibility index (Phi) is 6.46. The summed E-state index contributed by atoms with van der Waals surface area (Å²) < 4.78 is 17.0. The predicted octanol–water partition coefficient (Wildman–Crippen LogP) is 2.96. The number of ether oxygens (including phenoxy) is 3. The van der Waals surface area contributed by atoms with E-state index < -0.39 is 0 Å². The summed E-state index contributed by atoms with van der Waals surface area (Å²) in [5, 5.41) is 7.76. The first-order chi connectivity index (χ1) is 13.2. The second-order valence-corrected chi connectivity index (χ2v) is 6.20. The number of likely N-dealkylation sites (tertiary alicyclic amines) is 1. The number of hydrogen-bond donors (Lipinski definition) is 0. The van der Waals surface area contributed by atoms with E-state index in [4.69, 9.17) is 14.2 Å². The number of benzene rings is 1. The molecule has 1 amide bonds. The molecule has 3 rings (SSSR count). The van der Waals surface area contributed by atoms with Crippen molar-refractivity contribution in [2.75, 3.05) is 26.3 Å². The first kappa shape index (κ1) is 18.9. The summed E-state index contributed by atoms with van der Waals surface area (Å²) in [6.45, 7) is 6.17. The quantitative estimate of drug-likeness (QED) is 0.745. The minimum atomic E-state index is -0.00282. The lowest BCUT2D eigenvalue weighted by Gasteiger charge is -2.32. The van der Waals surface area contributed by atoms with Crippen LogP contribution in [0.1, 0.15) is 37.0 Å². The first-order valence-corrected chi connectivity index (χ1v) is 9.34. The van der Waals surface area contributed by atoms with E-state index in [1.54, 1.807) is 36.5 Å². The lowest BCUT2D eigenvalue weighted by atomic mass is 10.1. The summed E-state index contributed by atoms with van der Waals surface area (Å²) in [4.78, 5) is 14.7. The van der Waals surface area contributed by atoms with Gasteiger partial charge in [0.05, 0.1) is 13.2 Å². The minimum absolute atomic E-state index is 0.00282. The molecule has 2 aromatic rings. The zero-order valence-electron chi connectivity index (χ0n) is 15.8. The molecular weight excluding hydrogens is 346 g/mol. The molecular formula is C20H25N3O4. The van der Waals surface area contributed by atoms with E-state index in [0.717, 1.165) is 12.8 Å². The molecule has 1 aromatic heterocycles. The molecule has 1 fully saturated rings. The van der Waals surface area contributed by atoms with Crippen molar-refractivity contribution in [2.45, 2.75) is 32.8 Å². The van der Waals surface area contributed by atoms with Gasteiger partial charge in [-0.05, 0) is 38.1 Å². The van der Waals surface area contributed by atoms with Crippen LogP contribution in [0.4, 0.5) is 0 Å². The lowest BCUT2D eigenvalue weighted by Crippen LogP contribution is -2.41. The summed E-state index contributed by atoms with van der Waals surface area (Å²) in [7, 11) is 0. The lowest BCUT2D eigenvalue weighted by molar-refractivity contribution is 0.0585. The average molecular weight is 371 g/mol. The number of rotatable bonds is 7. The Bertz CT molecular complexity index is 746. The van der Waals surface area contributed by atoms with Crippen LogP contribution < -0.4 is 14.2 Å². The van der Waals surface area contributed by atoms with Crippen molar-refractivity contribution in [3.8, 4) is 17.4 Å². The van der Waals surface area contributed by atoms with E-state index in [9.17, 15) is 4.79 Å². The molecule has 2 heterocycles. The third kappa shape index (κ3) is 4.87. The Morgan fingerprint density at radius 3 is 2.52 bits per heavy atom. The summed E-state index contributed by atoms with van der Waals surface area (Å²) >= 11 is 0. The van der Waals surface area contributed by atoms with Gasteiger partial charge in [0.15, 0.2) is 11.5 Å². The highest BCUT2D eigenvalue weighted by Crippen LogP contribution is 2.29. The van der Waals surface area contributed by atoms with Crippen LogP contribution in [0.2, 0.25) is 0 Å². The van der Waals surface area contributed by atoms with E-state index in [2.05, 4.69) is 10.2 Å². The summed E-state index contributed by atoms with van der Waals surface area (Å²) in [6, 6.07) is 8.94. The van der Waals surface area contributed by atoms with Crippen LogP contribution in [0.5, 0.6) is 17.4 Å². The van der Waals surface area contributed by atoms with E-state index in [1.165, 1.54) is 0 Å². The molecule has 27 heavy (non-hydrogen) atoms. The van der Waals surface area contributed by atoms with Crippen LogP contribution in [0, 0.1) is 0 Å². The normalized spacial score (nSPS) is 14.7. The Morgan fingerprint density at radius 2 is 1.85 bits per heavy atom. The fourth-order valence-electron chi connectivity index (χ4n) is 3.06. The van der Waals surface area contributed by atoms with Crippen LogP contribution in [0.15, 0.2) is 36.5 Å². The van der Waals surface area contributed by atoms with Crippen LogP contribution in [0.25, 0.3) is 0 Å². The molecule has 1 aromatic carbocycles. The van der Waals surface area contributed by atoms with Gasteiger partial charge in [-0.3, -0.25) is 4.79 Å². The van der Waals surface area contributed by atoms with E-state index >= 15 is 0 Å². The molecule has 0 unspecified atom stereocenters. The Morgan fingerprint density at radius 1 is 1.11 bits per heavy atom. The summed E-state index contributed by atoms with van der Waals surface area (Å²) in [6.07, 6.45) is 3.18. The maximum atomic E-state index is 12.9. The molecule has 1 saturated heterocycles. The summed E-state index contributed by atoms with van der Waals surface area (Å²) in [5.74, 6) is 1.78. The highest BCUT2D eigenvalue weighted by Gasteiger charge is 2.25. The number of piperidine rings is 1. The van der Waals surface area contributed by atoms with Gasteiger partial charge in [0.1, 0.15) is 6.10 Å². The average Bonchev–Trinajstić information content (AvgIpc) is 2.70. The molecule has 0 N–H and O–H groups in total. The van der Waals surface area contributed by atoms with E-state index in [0.29, 0.717) is 49.2 Å². The van der Waals surface area contributed by atoms with Gasteiger partial charge in [-0.25, -0.2) is 0 Å². The van der Waals surface area contributed by atoms with Crippen molar-refractivity contribution in [3.63, 3.8) is 0 Å². The van der Waals surface area contributed by atoms with Crippen molar-refractivity contribution >= 4 is 5.91 Å². The van der Waals surface area contributed by atoms with Gasteiger partial charge in [0.2, 0.25) is 5.88 Å². The molecule has 0 spiro atoms. The Balaban J connectivity index is 1.61. The van der Waals surface area contributed by atoms with E-state index in [-0.39, 0.29) is 12.0 Å². The second-order valence-electron chi connectivity index (χ2n) is 6.20. The standard InChI is InChI=1S/C20H25N3O4/c1-3-25-17-8-7-15(14-18(17)26-4-2)20(24)23-12-9-16(10-13-23)27-19-6-5-11-21-22-19/h5-8,11,14,16H,3-4,9-10,12-13H2,1-2H3. The van der Waals surface area contributed by atoms with Gasteiger partial charge in [-0.1, -0.05) is 0 Å². The van der Waals surface area contributed by atoms with Crippen LogP contribution in [0.3, 0.4) is 0 Å². The van der Waals surface area contributed by atoms with E-state index in [1.807, 2.05) is 18.7 Å². The predicted molar refractivity (Wildman–Crippen MR) is 100 cm³/mol. The maximum absolute atomic E-state index is 12.9. The molecule has 1 aliphatic heterocycles. The number of aromatic nitrogens is 2. The zero-order valence-corrected chi connectivity index (χ0v) is 15.8. The minimum Gasteiger partial charge on any atom is -0.490 e.